The first-order valence-corrected chi connectivity index (χ1v) is 7.78. The Morgan fingerprint density at radius 1 is 1.60 bits per heavy atom. The summed E-state index contributed by atoms with van der Waals surface area (Å²) < 4.78 is 7.14. The number of aryl methyl sites for hydroxylation is 2. The van der Waals surface area contributed by atoms with Crippen LogP contribution in [0.3, 0.4) is 0 Å². The van der Waals surface area contributed by atoms with Gasteiger partial charge in [0.25, 0.3) is 0 Å². The van der Waals surface area contributed by atoms with E-state index in [1.807, 2.05) is 25.7 Å². The summed E-state index contributed by atoms with van der Waals surface area (Å²) in [5.74, 6) is 1.93. The van der Waals surface area contributed by atoms with Crippen LogP contribution in [-0.2, 0) is 18.4 Å². The van der Waals surface area contributed by atoms with Gasteiger partial charge in [-0.15, -0.1) is 0 Å². The van der Waals surface area contributed by atoms with Gasteiger partial charge in [0.1, 0.15) is 0 Å². The molecule has 1 N–H and O–H groups in total. The van der Waals surface area contributed by atoms with E-state index in [1.165, 1.54) is 0 Å². The number of rotatable bonds is 5. The highest BCUT2D eigenvalue weighted by molar-refractivity contribution is 7.99. The normalized spacial score (nSPS) is 20.1. The number of methoxy groups -OCH3 is 1. The Labute approximate surface area is 123 Å². The smallest absolute Gasteiger partial charge is 0.304 e. The molecule has 0 aromatic carbocycles. The van der Waals surface area contributed by atoms with E-state index >= 15 is 0 Å². The number of aliphatic carboxylic acids is 1. The number of carboxylic acid groups (broad SMARTS) is 1. The molecule has 0 bridgehead atoms. The molecule has 1 aliphatic rings. The zero-order chi connectivity index (χ0) is 14.7. The van der Waals surface area contributed by atoms with Gasteiger partial charge in [0.15, 0.2) is 0 Å². The second-order valence-corrected chi connectivity index (χ2v) is 6.14. The number of aromatic nitrogens is 2. The van der Waals surface area contributed by atoms with E-state index in [0.29, 0.717) is 6.54 Å². The fourth-order valence-corrected chi connectivity index (χ4v) is 3.74. The lowest BCUT2D eigenvalue weighted by atomic mass is 10.1. The largest absolute Gasteiger partial charge is 0.481 e. The molecule has 20 heavy (non-hydrogen) atoms. The second-order valence-electron chi connectivity index (χ2n) is 4.99. The summed E-state index contributed by atoms with van der Waals surface area (Å²) in [4.78, 5) is 13.2. The maximum Gasteiger partial charge on any atom is 0.304 e. The van der Waals surface area contributed by atoms with Crippen LogP contribution in [0, 0.1) is 6.92 Å². The molecule has 1 aromatic heterocycles. The first-order chi connectivity index (χ1) is 9.52. The third kappa shape index (κ3) is 3.27. The lowest BCUT2D eigenvalue weighted by Gasteiger charge is -2.34. The van der Waals surface area contributed by atoms with Crippen molar-refractivity contribution in [2.24, 2.45) is 7.05 Å². The Balaban J connectivity index is 2.16. The topological polar surface area (TPSA) is 67.6 Å². The van der Waals surface area contributed by atoms with Gasteiger partial charge in [-0.2, -0.15) is 16.9 Å². The molecule has 6 nitrogen and oxygen atoms in total. The van der Waals surface area contributed by atoms with Gasteiger partial charge in [0.05, 0.1) is 24.8 Å². The van der Waals surface area contributed by atoms with Crippen LogP contribution >= 0.6 is 11.8 Å². The Morgan fingerprint density at radius 2 is 2.35 bits per heavy atom. The maximum absolute atomic E-state index is 11.0. The number of carbonyl (C=O) groups is 1. The lowest BCUT2D eigenvalue weighted by Crippen LogP contribution is -2.43. The zero-order valence-corrected chi connectivity index (χ0v) is 12.9. The molecule has 2 rings (SSSR count). The van der Waals surface area contributed by atoms with Gasteiger partial charge < -0.3 is 9.84 Å². The monoisotopic (exact) mass is 299 g/mol. The molecule has 1 aliphatic heterocycles. The van der Waals surface area contributed by atoms with E-state index in [1.54, 1.807) is 11.8 Å². The van der Waals surface area contributed by atoms with E-state index in [-0.39, 0.29) is 12.5 Å². The van der Waals surface area contributed by atoms with Crippen LogP contribution in [-0.4, -0.2) is 57.0 Å². The minimum Gasteiger partial charge on any atom is -0.481 e. The first-order valence-electron chi connectivity index (χ1n) is 6.63. The van der Waals surface area contributed by atoms with Crippen molar-refractivity contribution in [1.82, 2.24) is 14.7 Å². The average Bonchev–Trinajstić information content (AvgIpc) is 2.65. The summed E-state index contributed by atoms with van der Waals surface area (Å²) in [5, 5.41) is 13.4. The van der Waals surface area contributed by atoms with Crippen LogP contribution in [0.4, 0.5) is 0 Å². The van der Waals surface area contributed by atoms with Crippen LogP contribution in [0.25, 0.3) is 0 Å². The molecule has 0 amide bonds. The van der Waals surface area contributed by atoms with Crippen molar-refractivity contribution < 1.29 is 14.6 Å². The maximum atomic E-state index is 11.0. The molecule has 112 valence electrons. The van der Waals surface area contributed by atoms with Gasteiger partial charge >= 0.3 is 5.97 Å². The molecular formula is C13H21N3O3S. The SMILES string of the molecule is COc1c(CN2CCSCC2CC(=O)O)c(C)nn1C. The second kappa shape index (κ2) is 6.49. The van der Waals surface area contributed by atoms with Crippen molar-refractivity contribution in [2.45, 2.75) is 25.9 Å². The first kappa shape index (κ1) is 15.2. The molecule has 1 fully saturated rings. The summed E-state index contributed by atoms with van der Waals surface area (Å²) in [6.07, 6.45) is 0.189. The fraction of sp³-hybridized carbons (Fsp3) is 0.692. The highest BCUT2D eigenvalue weighted by atomic mass is 32.2. The minimum atomic E-state index is -0.739. The Kier molecular flexibility index (Phi) is 4.93. The Morgan fingerprint density at radius 3 is 3.00 bits per heavy atom. The highest BCUT2D eigenvalue weighted by Crippen LogP contribution is 2.27. The number of hydrogen-bond acceptors (Lipinski definition) is 5. The third-order valence-electron chi connectivity index (χ3n) is 3.60. The number of ether oxygens (including phenoxy) is 1. The molecule has 1 saturated heterocycles. The van der Waals surface area contributed by atoms with E-state index in [2.05, 4.69) is 10.00 Å². The van der Waals surface area contributed by atoms with Crippen molar-refractivity contribution in [3.8, 4) is 5.88 Å². The molecule has 7 heteroatoms. The van der Waals surface area contributed by atoms with Crippen LogP contribution in [0.2, 0.25) is 0 Å². The van der Waals surface area contributed by atoms with E-state index in [9.17, 15) is 4.79 Å². The van der Waals surface area contributed by atoms with Gasteiger partial charge in [-0.05, 0) is 6.92 Å². The number of nitrogens with zero attached hydrogens (tertiary/aromatic N) is 3. The van der Waals surface area contributed by atoms with Crippen LogP contribution < -0.4 is 4.74 Å². The third-order valence-corrected chi connectivity index (χ3v) is 4.69. The quantitative estimate of drug-likeness (QED) is 0.879. The minimum absolute atomic E-state index is 0.0792. The molecular weight excluding hydrogens is 278 g/mol. The summed E-state index contributed by atoms with van der Waals surface area (Å²) in [6, 6.07) is 0.0792. The Hall–Kier alpha value is -1.21. The summed E-state index contributed by atoms with van der Waals surface area (Å²) >= 11 is 1.82. The molecule has 0 saturated carbocycles. The van der Waals surface area contributed by atoms with Gasteiger partial charge in [-0.3, -0.25) is 9.69 Å². The van der Waals surface area contributed by atoms with Crippen molar-refractivity contribution in [3.63, 3.8) is 0 Å². The zero-order valence-electron chi connectivity index (χ0n) is 12.1. The molecule has 1 atom stereocenters. The van der Waals surface area contributed by atoms with Crippen molar-refractivity contribution in [1.29, 1.82) is 0 Å². The van der Waals surface area contributed by atoms with E-state index in [4.69, 9.17) is 9.84 Å². The summed E-state index contributed by atoms with van der Waals surface area (Å²) in [7, 11) is 3.50. The molecule has 0 radical (unpaired) electrons. The predicted molar refractivity (Wildman–Crippen MR) is 78.3 cm³/mol. The van der Waals surface area contributed by atoms with Crippen molar-refractivity contribution >= 4 is 17.7 Å². The Bertz CT molecular complexity index is 489. The number of thioether (sulfide) groups is 1. The molecule has 0 spiro atoms. The van der Waals surface area contributed by atoms with Crippen molar-refractivity contribution in [3.05, 3.63) is 11.3 Å². The molecule has 1 aromatic rings. The highest BCUT2D eigenvalue weighted by Gasteiger charge is 2.27. The van der Waals surface area contributed by atoms with Gasteiger partial charge in [-0.1, -0.05) is 0 Å². The van der Waals surface area contributed by atoms with Gasteiger partial charge in [0.2, 0.25) is 5.88 Å². The predicted octanol–water partition coefficient (Wildman–Crippen LogP) is 1.13. The van der Waals surface area contributed by atoms with Crippen LogP contribution in [0.1, 0.15) is 17.7 Å². The summed E-state index contributed by atoms with van der Waals surface area (Å²) in [5.41, 5.74) is 1.99. The average molecular weight is 299 g/mol. The van der Waals surface area contributed by atoms with Crippen LogP contribution in [0.5, 0.6) is 5.88 Å². The van der Waals surface area contributed by atoms with Crippen molar-refractivity contribution in [2.75, 3.05) is 25.2 Å². The summed E-state index contributed by atoms with van der Waals surface area (Å²) in [6.45, 7) is 3.56. The molecule has 0 aliphatic carbocycles. The van der Waals surface area contributed by atoms with Gasteiger partial charge in [-0.25, -0.2) is 4.68 Å². The van der Waals surface area contributed by atoms with Gasteiger partial charge in [0, 0.05) is 37.7 Å². The standard InChI is InChI=1S/C13H21N3O3S/c1-9-11(13(19-3)15(2)14-9)7-16-4-5-20-8-10(16)6-12(17)18/h10H,4-8H2,1-3H3,(H,17,18). The lowest BCUT2D eigenvalue weighted by molar-refractivity contribution is -0.138. The number of hydrogen-bond donors (Lipinski definition) is 1. The number of carboxylic acids is 1. The molecule has 2 heterocycles. The fourth-order valence-electron chi connectivity index (χ4n) is 2.61. The van der Waals surface area contributed by atoms with E-state index in [0.717, 1.165) is 35.2 Å². The van der Waals surface area contributed by atoms with E-state index < -0.39 is 5.97 Å². The molecule has 1 unspecified atom stereocenters. The van der Waals surface area contributed by atoms with Crippen LogP contribution in [0.15, 0.2) is 0 Å².